The van der Waals surface area contributed by atoms with E-state index in [-0.39, 0.29) is 0 Å². The molecule has 7 nitrogen and oxygen atoms in total. The molecule has 7 heteroatoms. The lowest BCUT2D eigenvalue weighted by Crippen LogP contribution is -1.99. The van der Waals surface area contributed by atoms with Crippen molar-refractivity contribution in [2.45, 2.75) is 0 Å². The molecular weight excluding hydrogens is 270 g/mol. The third kappa shape index (κ3) is 2.53. The molecule has 0 unspecified atom stereocenters. The summed E-state index contributed by atoms with van der Waals surface area (Å²) in [5.41, 5.74) is 1.42. The number of pyridine rings is 1. The van der Waals surface area contributed by atoms with E-state index in [1.807, 2.05) is 18.2 Å². The highest BCUT2D eigenvalue weighted by Gasteiger charge is 2.11. The van der Waals surface area contributed by atoms with Crippen molar-refractivity contribution < 1.29 is 9.47 Å². The van der Waals surface area contributed by atoms with Crippen molar-refractivity contribution in [2.75, 3.05) is 14.2 Å². The summed E-state index contributed by atoms with van der Waals surface area (Å²) in [5.74, 6) is 1.62. The Morgan fingerprint density at radius 2 is 1.90 bits per heavy atom. The summed E-state index contributed by atoms with van der Waals surface area (Å²) in [5, 5.41) is 8.38. The molecule has 0 atom stereocenters. The maximum absolute atomic E-state index is 5.27. The lowest BCUT2D eigenvalue weighted by Gasteiger charge is -2.08. The number of hydrogen-bond acceptors (Lipinski definition) is 6. The van der Waals surface area contributed by atoms with Crippen LogP contribution in [0.3, 0.4) is 0 Å². The van der Waals surface area contributed by atoms with Gasteiger partial charge in [0, 0.05) is 18.5 Å². The van der Waals surface area contributed by atoms with Crippen LogP contribution in [0.1, 0.15) is 0 Å². The Balaban J connectivity index is 1.97. The molecule has 0 aromatic carbocycles. The highest BCUT2D eigenvalue weighted by molar-refractivity contribution is 5.65. The van der Waals surface area contributed by atoms with E-state index in [1.165, 1.54) is 0 Å². The monoisotopic (exact) mass is 283 g/mol. The molecule has 0 saturated heterocycles. The molecule has 0 saturated carbocycles. The van der Waals surface area contributed by atoms with Crippen molar-refractivity contribution in [2.24, 2.45) is 0 Å². The van der Waals surface area contributed by atoms with Gasteiger partial charge < -0.3 is 9.47 Å². The Bertz CT molecular complexity index is 726. The summed E-state index contributed by atoms with van der Waals surface area (Å²) < 4.78 is 12.1. The van der Waals surface area contributed by atoms with Gasteiger partial charge in [-0.2, -0.15) is 4.98 Å². The minimum atomic E-state index is 0.444. The molecular formula is C14H13N5O2. The van der Waals surface area contributed by atoms with Crippen molar-refractivity contribution in [3.63, 3.8) is 0 Å². The van der Waals surface area contributed by atoms with E-state index in [1.54, 1.807) is 43.6 Å². The second kappa shape index (κ2) is 5.58. The van der Waals surface area contributed by atoms with Gasteiger partial charge in [-0.1, -0.05) is 0 Å². The SMILES string of the molecule is COc1ccc(-c2ccc(-n3ccnc3)nn2)c(OC)n1. The maximum atomic E-state index is 5.27. The second-order valence-corrected chi connectivity index (χ2v) is 4.16. The molecule has 3 aromatic rings. The first-order chi connectivity index (χ1) is 10.3. The van der Waals surface area contributed by atoms with Gasteiger partial charge in [-0.15, -0.1) is 10.2 Å². The van der Waals surface area contributed by atoms with E-state index in [2.05, 4.69) is 20.2 Å². The summed E-state index contributed by atoms with van der Waals surface area (Å²) in [6.07, 6.45) is 5.16. The summed E-state index contributed by atoms with van der Waals surface area (Å²) >= 11 is 0. The van der Waals surface area contributed by atoms with Crippen LogP contribution < -0.4 is 9.47 Å². The Hall–Kier alpha value is -2.96. The number of nitrogens with zero attached hydrogens (tertiary/aromatic N) is 5. The zero-order chi connectivity index (χ0) is 14.7. The van der Waals surface area contributed by atoms with Gasteiger partial charge in [-0.3, -0.25) is 4.57 Å². The van der Waals surface area contributed by atoms with E-state index in [0.29, 0.717) is 23.3 Å². The van der Waals surface area contributed by atoms with Gasteiger partial charge in [0.25, 0.3) is 0 Å². The van der Waals surface area contributed by atoms with Gasteiger partial charge in [0.2, 0.25) is 11.8 Å². The molecule has 0 fully saturated rings. The number of aromatic nitrogens is 5. The lowest BCUT2D eigenvalue weighted by atomic mass is 10.2. The topological polar surface area (TPSA) is 75.0 Å². The zero-order valence-electron chi connectivity index (χ0n) is 11.6. The van der Waals surface area contributed by atoms with Crippen LogP contribution in [0, 0.1) is 0 Å². The standard InChI is InChI=1S/C14H13N5O2/c1-20-13-6-3-10(14(16-13)21-2)11-4-5-12(18-17-11)19-8-7-15-9-19/h3-9H,1-2H3. The molecule has 3 rings (SSSR count). The van der Waals surface area contributed by atoms with E-state index in [4.69, 9.17) is 9.47 Å². The molecule has 3 heterocycles. The average molecular weight is 283 g/mol. The largest absolute Gasteiger partial charge is 0.481 e. The van der Waals surface area contributed by atoms with Crippen LogP contribution in [-0.2, 0) is 0 Å². The summed E-state index contributed by atoms with van der Waals surface area (Å²) in [6, 6.07) is 7.30. The number of imidazole rings is 1. The highest BCUT2D eigenvalue weighted by Crippen LogP contribution is 2.28. The van der Waals surface area contributed by atoms with Crippen LogP contribution in [0.25, 0.3) is 17.1 Å². The average Bonchev–Trinajstić information content (AvgIpc) is 3.09. The maximum Gasteiger partial charge on any atom is 0.226 e. The Morgan fingerprint density at radius 3 is 2.52 bits per heavy atom. The molecule has 0 aliphatic rings. The Morgan fingerprint density at radius 1 is 1.00 bits per heavy atom. The van der Waals surface area contributed by atoms with Crippen molar-refractivity contribution in [1.29, 1.82) is 0 Å². The first-order valence-corrected chi connectivity index (χ1v) is 6.23. The molecule has 0 bridgehead atoms. The van der Waals surface area contributed by atoms with Crippen LogP contribution in [0.2, 0.25) is 0 Å². The molecule has 106 valence electrons. The van der Waals surface area contributed by atoms with Gasteiger partial charge >= 0.3 is 0 Å². The molecule has 0 amide bonds. The fourth-order valence-electron chi connectivity index (χ4n) is 1.89. The van der Waals surface area contributed by atoms with Crippen molar-refractivity contribution in [3.05, 3.63) is 43.0 Å². The zero-order valence-corrected chi connectivity index (χ0v) is 11.6. The minimum absolute atomic E-state index is 0.444. The summed E-state index contributed by atoms with van der Waals surface area (Å²) in [6.45, 7) is 0. The number of hydrogen-bond donors (Lipinski definition) is 0. The molecule has 3 aromatic heterocycles. The quantitative estimate of drug-likeness (QED) is 0.726. The predicted octanol–water partition coefficient (Wildman–Crippen LogP) is 1.74. The van der Waals surface area contributed by atoms with E-state index in [9.17, 15) is 0 Å². The van der Waals surface area contributed by atoms with Crippen molar-refractivity contribution >= 4 is 0 Å². The van der Waals surface area contributed by atoms with E-state index < -0.39 is 0 Å². The van der Waals surface area contributed by atoms with Crippen molar-refractivity contribution in [1.82, 2.24) is 24.7 Å². The highest BCUT2D eigenvalue weighted by atomic mass is 16.5. The Kier molecular flexibility index (Phi) is 3.46. The third-order valence-electron chi connectivity index (χ3n) is 2.93. The number of ether oxygens (including phenoxy) is 2. The summed E-state index contributed by atoms with van der Waals surface area (Å²) in [4.78, 5) is 8.21. The lowest BCUT2D eigenvalue weighted by molar-refractivity contribution is 0.365. The van der Waals surface area contributed by atoms with Gasteiger partial charge in [0.05, 0.1) is 25.5 Å². The summed E-state index contributed by atoms with van der Waals surface area (Å²) in [7, 11) is 3.11. The first-order valence-electron chi connectivity index (χ1n) is 6.23. The van der Waals surface area contributed by atoms with E-state index >= 15 is 0 Å². The van der Waals surface area contributed by atoms with Crippen LogP contribution in [0.4, 0.5) is 0 Å². The first kappa shape index (κ1) is 13.0. The molecule has 0 radical (unpaired) electrons. The van der Waals surface area contributed by atoms with Crippen LogP contribution >= 0.6 is 0 Å². The predicted molar refractivity (Wildman–Crippen MR) is 75.5 cm³/mol. The number of rotatable bonds is 4. The second-order valence-electron chi connectivity index (χ2n) is 4.16. The van der Waals surface area contributed by atoms with Gasteiger partial charge in [-0.05, 0) is 18.2 Å². The number of methoxy groups -OCH3 is 2. The third-order valence-corrected chi connectivity index (χ3v) is 2.93. The van der Waals surface area contributed by atoms with Crippen LogP contribution in [-0.4, -0.2) is 39.0 Å². The fourth-order valence-corrected chi connectivity index (χ4v) is 1.89. The fraction of sp³-hybridized carbons (Fsp3) is 0.143. The molecule has 0 N–H and O–H groups in total. The van der Waals surface area contributed by atoms with Gasteiger partial charge in [0.15, 0.2) is 5.82 Å². The van der Waals surface area contributed by atoms with E-state index in [0.717, 1.165) is 5.56 Å². The van der Waals surface area contributed by atoms with Gasteiger partial charge in [0.1, 0.15) is 6.33 Å². The van der Waals surface area contributed by atoms with Crippen LogP contribution in [0.5, 0.6) is 11.8 Å². The molecule has 0 spiro atoms. The minimum Gasteiger partial charge on any atom is -0.481 e. The van der Waals surface area contributed by atoms with Crippen LogP contribution in [0.15, 0.2) is 43.0 Å². The normalized spacial score (nSPS) is 10.4. The smallest absolute Gasteiger partial charge is 0.226 e. The van der Waals surface area contributed by atoms with Crippen molar-refractivity contribution in [3.8, 4) is 28.8 Å². The van der Waals surface area contributed by atoms with Gasteiger partial charge in [-0.25, -0.2) is 4.98 Å². The molecule has 0 aliphatic heterocycles. The molecule has 0 aliphatic carbocycles. The molecule has 21 heavy (non-hydrogen) atoms. The Labute approximate surface area is 121 Å².